The smallest absolute Gasteiger partial charge is 0.356 e. The number of aromatic nitrogens is 5. The molecule has 9 heteroatoms. The van der Waals surface area contributed by atoms with Crippen molar-refractivity contribution in [3.05, 3.63) is 23.2 Å². The minimum absolute atomic E-state index is 0.0207. The Labute approximate surface area is 99.9 Å². The molecule has 0 aromatic carbocycles. The maximum Gasteiger partial charge on any atom is 0.356 e. The molecule has 0 saturated heterocycles. The quantitative estimate of drug-likeness (QED) is 0.847. The van der Waals surface area contributed by atoms with Crippen molar-refractivity contribution in [1.29, 1.82) is 0 Å². The predicted octanol–water partition coefficient (Wildman–Crippen LogP) is 0.417. The van der Waals surface area contributed by atoms with Gasteiger partial charge in [-0.15, -0.1) is 0 Å². The predicted molar refractivity (Wildman–Crippen MR) is 55.5 cm³/mol. The summed E-state index contributed by atoms with van der Waals surface area (Å²) in [7, 11) is 1.38. The highest BCUT2D eigenvalue weighted by Gasteiger charge is 2.11. The average Bonchev–Trinajstić information content (AvgIpc) is 2.77. The van der Waals surface area contributed by atoms with Crippen LogP contribution in [0.1, 0.15) is 10.5 Å². The van der Waals surface area contributed by atoms with Gasteiger partial charge in [-0.05, 0) is 17.7 Å². The number of hydrogen-bond acceptors (Lipinski definition) is 6. The molecule has 8 nitrogen and oxygen atoms in total. The number of carboxylic acids is 1. The van der Waals surface area contributed by atoms with Gasteiger partial charge in [0.05, 0.1) is 7.11 Å². The molecule has 0 aliphatic heterocycles. The lowest BCUT2D eigenvalue weighted by Gasteiger charge is -2.01. The second-order valence-electron chi connectivity index (χ2n) is 2.84. The van der Waals surface area contributed by atoms with E-state index < -0.39 is 5.97 Å². The summed E-state index contributed by atoms with van der Waals surface area (Å²) in [6, 6.07) is 1.33. The molecule has 0 amide bonds. The van der Waals surface area contributed by atoms with Gasteiger partial charge in [0.2, 0.25) is 5.28 Å². The molecule has 2 heterocycles. The number of aromatic carboxylic acids is 1. The number of ether oxygens (including phenoxy) is 1. The van der Waals surface area contributed by atoms with E-state index in [0.717, 1.165) is 0 Å². The van der Waals surface area contributed by atoms with Crippen LogP contribution in [-0.4, -0.2) is 42.9 Å². The summed E-state index contributed by atoms with van der Waals surface area (Å²) < 4.78 is 5.97. The largest absolute Gasteiger partial charge is 0.476 e. The van der Waals surface area contributed by atoms with Crippen LogP contribution >= 0.6 is 11.6 Å². The molecule has 0 aliphatic carbocycles. The van der Waals surface area contributed by atoms with Crippen molar-refractivity contribution in [2.75, 3.05) is 7.11 Å². The van der Waals surface area contributed by atoms with Crippen molar-refractivity contribution < 1.29 is 14.6 Å². The minimum Gasteiger partial charge on any atom is -0.476 e. The Morgan fingerprint density at radius 2 is 2.24 bits per heavy atom. The van der Waals surface area contributed by atoms with Gasteiger partial charge in [-0.1, -0.05) is 0 Å². The van der Waals surface area contributed by atoms with Gasteiger partial charge in [0, 0.05) is 6.20 Å². The first kappa shape index (κ1) is 11.3. The average molecular weight is 256 g/mol. The molecule has 0 fully saturated rings. The van der Waals surface area contributed by atoms with Gasteiger partial charge >= 0.3 is 12.0 Å². The van der Waals surface area contributed by atoms with Gasteiger partial charge in [0.1, 0.15) is 0 Å². The Morgan fingerprint density at radius 1 is 1.47 bits per heavy atom. The number of methoxy groups -OCH3 is 1. The van der Waals surface area contributed by atoms with Gasteiger partial charge < -0.3 is 9.84 Å². The van der Waals surface area contributed by atoms with Crippen LogP contribution < -0.4 is 4.74 Å². The van der Waals surface area contributed by atoms with E-state index in [-0.39, 0.29) is 22.9 Å². The summed E-state index contributed by atoms with van der Waals surface area (Å²) in [6.07, 6.45) is 1.40. The van der Waals surface area contributed by atoms with E-state index in [2.05, 4.69) is 20.1 Å². The number of nitrogens with zero attached hydrogens (tertiary/aromatic N) is 5. The first-order valence-corrected chi connectivity index (χ1v) is 4.73. The third-order valence-electron chi connectivity index (χ3n) is 1.77. The first-order chi connectivity index (χ1) is 8.10. The molecule has 17 heavy (non-hydrogen) atoms. The zero-order valence-corrected chi connectivity index (χ0v) is 9.29. The topological polar surface area (TPSA) is 103 Å². The van der Waals surface area contributed by atoms with Crippen molar-refractivity contribution in [3.8, 4) is 12.0 Å². The molecule has 1 N–H and O–H groups in total. The molecule has 0 atom stereocenters. The normalized spacial score (nSPS) is 10.2. The molecule has 0 unspecified atom stereocenters. The van der Waals surface area contributed by atoms with E-state index in [0.29, 0.717) is 0 Å². The Bertz CT molecular complexity index is 570. The number of carbonyl (C=O) groups is 1. The second-order valence-corrected chi connectivity index (χ2v) is 3.18. The summed E-state index contributed by atoms with van der Waals surface area (Å²) in [5.41, 5.74) is -0.125. The first-order valence-electron chi connectivity index (χ1n) is 4.35. The van der Waals surface area contributed by atoms with Crippen LogP contribution in [0.3, 0.4) is 0 Å². The number of halogens is 1. The van der Waals surface area contributed by atoms with Crippen molar-refractivity contribution in [3.63, 3.8) is 0 Å². The zero-order valence-electron chi connectivity index (χ0n) is 8.53. The van der Waals surface area contributed by atoms with E-state index >= 15 is 0 Å². The minimum atomic E-state index is -1.14. The van der Waals surface area contributed by atoms with E-state index in [1.807, 2.05) is 0 Å². The van der Waals surface area contributed by atoms with Crippen molar-refractivity contribution in [2.24, 2.45) is 0 Å². The molecular weight excluding hydrogens is 250 g/mol. The molecule has 0 aliphatic rings. The van der Waals surface area contributed by atoms with E-state index in [9.17, 15) is 4.79 Å². The van der Waals surface area contributed by atoms with Gasteiger partial charge in [0.25, 0.3) is 5.95 Å². The van der Waals surface area contributed by atoms with Gasteiger partial charge in [-0.3, -0.25) is 0 Å². The van der Waals surface area contributed by atoms with Crippen LogP contribution in [0, 0.1) is 0 Å². The van der Waals surface area contributed by atoms with Crippen molar-refractivity contribution in [1.82, 2.24) is 24.7 Å². The third kappa shape index (κ3) is 2.31. The highest BCUT2D eigenvalue weighted by molar-refractivity contribution is 6.28. The lowest BCUT2D eigenvalue weighted by Crippen LogP contribution is -2.07. The fourth-order valence-electron chi connectivity index (χ4n) is 1.07. The van der Waals surface area contributed by atoms with E-state index in [1.54, 1.807) is 0 Å². The Morgan fingerprint density at radius 3 is 2.82 bits per heavy atom. The molecule has 0 bridgehead atoms. The molecule has 88 valence electrons. The molecule has 2 rings (SSSR count). The monoisotopic (exact) mass is 255 g/mol. The maximum atomic E-state index is 10.7. The standard InChI is InChI=1S/C8H6ClN5O3/c1-17-8-11-6(9)10-7(12-8)14-3-2-4(13-14)5(15)16/h2-3H,1H3,(H,15,16). The van der Waals surface area contributed by atoms with Gasteiger partial charge in [-0.25, -0.2) is 9.48 Å². The number of hydrogen-bond donors (Lipinski definition) is 1. The maximum absolute atomic E-state index is 10.7. The van der Waals surface area contributed by atoms with E-state index in [1.165, 1.54) is 24.1 Å². The van der Waals surface area contributed by atoms with Crippen LogP contribution in [0.2, 0.25) is 5.28 Å². The van der Waals surface area contributed by atoms with Crippen molar-refractivity contribution in [2.45, 2.75) is 0 Å². The van der Waals surface area contributed by atoms with Crippen LogP contribution in [0.5, 0.6) is 6.01 Å². The fraction of sp³-hybridized carbons (Fsp3) is 0.125. The Hall–Kier alpha value is -2.22. The van der Waals surface area contributed by atoms with Crippen molar-refractivity contribution >= 4 is 17.6 Å². The van der Waals surface area contributed by atoms with Crippen LogP contribution in [0.15, 0.2) is 12.3 Å². The summed E-state index contributed by atoms with van der Waals surface area (Å²) in [4.78, 5) is 22.0. The fourth-order valence-corrected chi connectivity index (χ4v) is 1.21. The lowest BCUT2D eigenvalue weighted by atomic mass is 10.5. The third-order valence-corrected chi connectivity index (χ3v) is 1.94. The van der Waals surface area contributed by atoms with E-state index in [4.69, 9.17) is 21.4 Å². The Kier molecular flexibility index (Phi) is 2.88. The van der Waals surface area contributed by atoms with Crippen LogP contribution in [0.4, 0.5) is 0 Å². The molecule has 2 aromatic heterocycles. The highest BCUT2D eigenvalue weighted by atomic mass is 35.5. The summed E-state index contributed by atoms with van der Waals surface area (Å²) in [5, 5.41) is 12.4. The number of rotatable bonds is 3. The molecule has 2 aromatic rings. The SMILES string of the molecule is COc1nc(Cl)nc(-n2ccc(C(=O)O)n2)n1. The highest BCUT2D eigenvalue weighted by Crippen LogP contribution is 2.10. The number of carboxylic acid groups (broad SMARTS) is 1. The molecular formula is C8H6ClN5O3. The second kappa shape index (κ2) is 4.34. The Balaban J connectivity index is 2.44. The summed E-state index contributed by atoms with van der Waals surface area (Å²) in [5.74, 6) is -1.06. The molecule has 0 spiro atoms. The van der Waals surface area contributed by atoms with Crippen LogP contribution in [0.25, 0.3) is 5.95 Å². The summed E-state index contributed by atoms with van der Waals surface area (Å²) in [6.45, 7) is 0. The zero-order chi connectivity index (χ0) is 12.4. The molecule has 0 saturated carbocycles. The molecule has 0 radical (unpaired) electrons. The van der Waals surface area contributed by atoms with Gasteiger partial charge in [0.15, 0.2) is 5.69 Å². The van der Waals surface area contributed by atoms with Crippen LogP contribution in [-0.2, 0) is 0 Å². The lowest BCUT2D eigenvalue weighted by molar-refractivity contribution is 0.0690. The summed E-state index contributed by atoms with van der Waals surface area (Å²) >= 11 is 5.65. The van der Waals surface area contributed by atoms with Gasteiger partial charge in [-0.2, -0.15) is 20.1 Å².